The molecule has 0 saturated carbocycles. The number of hydrogen-bond acceptors (Lipinski definition) is 8. The number of anilines is 3. The van der Waals surface area contributed by atoms with Gasteiger partial charge in [0.1, 0.15) is 11.8 Å². The highest BCUT2D eigenvalue weighted by molar-refractivity contribution is 6.10. The number of carbonyl (C=O) groups excluding carboxylic acids is 3. The maximum Gasteiger partial charge on any atom is 0.412 e. The summed E-state index contributed by atoms with van der Waals surface area (Å²) < 4.78 is 16.9. The Balaban J connectivity index is 1.21. The van der Waals surface area contributed by atoms with Crippen molar-refractivity contribution in [3.05, 3.63) is 78.1 Å². The van der Waals surface area contributed by atoms with Crippen LogP contribution in [0.25, 0.3) is 21.9 Å². The average Bonchev–Trinajstić information content (AvgIpc) is 3.15. The van der Waals surface area contributed by atoms with E-state index in [4.69, 9.17) is 14.2 Å². The molecule has 2 atom stereocenters. The molecule has 2 fully saturated rings. The highest BCUT2D eigenvalue weighted by Gasteiger charge is 2.26. The molecule has 52 heavy (non-hydrogen) atoms. The molecule has 3 heterocycles. The second-order valence-electron chi connectivity index (χ2n) is 14.3. The molecule has 4 N–H and O–H groups in total. The van der Waals surface area contributed by atoms with Gasteiger partial charge in [0.05, 0.1) is 37.4 Å². The molecule has 6 rings (SSSR count). The summed E-state index contributed by atoms with van der Waals surface area (Å²) in [6, 6.07) is 18.5. The minimum Gasteiger partial charge on any atom is -0.492 e. The largest absolute Gasteiger partial charge is 0.492 e. The van der Waals surface area contributed by atoms with Crippen LogP contribution in [0, 0.1) is 0 Å². The first-order chi connectivity index (χ1) is 25.0. The van der Waals surface area contributed by atoms with Gasteiger partial charge in [0.25, 0.3) is 5.91 Å². The Labute approximate surface area is 304 Å². The van der Waals surface area contributed by atoms with Crippen molar-refractivity contribution >= 4 is 45.9 Å². The zero-order valence-corrected chi connectivity index (χ0v) is 30.5. The highest BCUT2D eigenvalue weighted by Crippen LogP contribution is 2.39. The molecule has 12 heteroatoms. The van der Waals surface area contributed by atoms with Crippen molar-refractivity contribution in [3.63, 3.8) is 0 Å². The first-order valence-electron chi connectivity index (χ1n) is 17.9. The molecule has 12 nitrogen and oxygen atoms in total. The van der Waals surface area contributed by atoms with Crippen LogP contribution < -0.4 is 26.0 Å². The van der Waals surface area contributed by atoms with E-state index in [0.717, 1.165) is 53.3 Å². The Bertz CT molecular complexity index is 1910. The number of nitrogens with zero attached hydrogens (tertiary/aromatic N) is 2. The van der Waals surface area contributed by atoms with Crippen molar-refractivity contribution in [2.75, 3.05) is 55.9 Å². The van der Waals surface area contributed by atoms with E-state index in [1.165, 1.54) is 7.11 Å². The van der Waals surface area contributed by atoms with E-state index >= 15 is 0 Å². The summed E-state index contributed by atoms with van der Waals surface area (Å²) in [6.07, 6.45) is 3.94. The number of benzene rings is 3. The lowest BCUT2D eigenvalue weighted by Gasteiger charge is -2.29. The molecule has 0 bridgehead atoms. The minimum absolute atomic E-state index is 0.0989. The summed E-state index contributed by atoms with van der Waals surface area (Å²) >= 11 is 0. The van der Waals surface area contributed by atoms with Gasteiger partial charge in [-0.25, -0.2) is 9.59 Å². The molecule has 2 saturated heterocycles. The van der Waals surface area contributed by atoms with E-state index in [0.29, 0.717) is 54.8 Å². The normalized spacial score (nSPS) is 16.9. The van der Waals surface area contributed by atoms with Gasteiger partial charge in [-0.1, -0.05) is 63.6 Å². The van der Waals surface area contributed by atoms with Gasteiger partial charge in [0.2, 0.25) is 0 Å². The third kappa shape index (κ3) is 8.46. The Hall–Kier alpha value is -5.20. The maximum atomic E-state index is 13.6. The standard InChI is InChI=1S/C40H48N6O6/c1-25(31-12-8-9-17-41-31)52-39(49)45-35-23-27(40(2,3)4)22-34(36(35)50-5)44-38(48)43-32-16-14-28(29-10-6-7-11-30(29)32)26-13-15-33(42-24-26)37(47)46-18-20-51-21-19-46/h6-7,10-11,13-16,22-25,31,41H,8-9,12,17-21H2,1-5H3,(H,45,49)(H2,43,44,48). The second-order valence-corrected chi connectivity index (χ2v) is 14.3. The summed E-state index contributed by atoms with van der Waals surface area (Å²) in [6.45, 7) is 11.1. The van der Waals surface area contributed by atoms with Crippen LogP contribution in [0.5, 0.6) is 5.75 Å². The number of hydrogen-bond donors (Lipinski definition) is 4. The van der Waals surface area contributed by atoms with E-state index in [9.17, 15) is 14.4 Å². The number of ether oxygens (including phenoxy) is 3. The van der Waals surface area contributed by atoms with E-state index in [2.05, 4.69) is 47.0 Å². The summed E-state index contributed by atoms with van der Waals surface area (Å²) in [5.41, 5.74) is 4.09. The number of amides is 4. The van der Waals surface area contributed by atoms with Crippen molar-refractivity contribution in [2.24, 2.45) is 0 Å². The van der Waals surface area contributed by atoms with Crippen LogP contribution >= 0.6 is 0 Å². The molecule has 0 aliphatic carbocycles. The number of carbonyl (C=O) groups is 3. The number of methoxy groups -OCH3 is 1. The Kier molecular flexibility index (Phi) is 11.3. The Morgan fingerprint density at radius 1 is 0.923 bits per heavy atom. The topological polar surface area (TPSA) is 143 Å². The molecule has 3 aromatic carbocycles. The summed E-state index contributed by atoms with van der Waals surface area (Å²) in [7, 11) is 1.49. The number of morpholine rings is 1. The van der Waals surface area contributed by atoms with Gasteiger partial charge in [0, 0.05) is 36.3 Å². The van der Waals surface area contributed by atoms with Crippen molar-refractivity contribution in [1.29, 1.82) is 0 Å². The van der Waals surface area contributed by atoms with Gasteiger partial charge in [-0.2, -0.15) is 0 Å². The summed E-state index contributed by atoms with van der Waals surface area (Å²) in [4.78, 5) is 45.9. The first-order valence-corrected chi connectivity index (χ1v) is 17.9. The lowest BCUT2D eigenvalue weighted by atomic mass is 9.86. The van der Waals surface area contributed by atoms with Crippen LogP contribution in [0.2, 0.25) is 0 Å². The van der Waals surface area contributed by atoms with Gasteiger partial charge >= 0.3 is 12.1 Å². The average molecular weight is 709 g/mol. The molecule has 274 valence electrons. The molecule has 2 aliphatic rings. The third-order valence-electron chi connectivity index (χ3n) is 9.62. The van der Waals surface area contributed by atoms with Crippen molar-refractivity contribution in [2.45, 2.75) is 64.5 Å². The smallest absolute Gasteiger partial charge is 0.412 e. The lowest BCUT2D eigenvalue weighted by molar-refractivity contribution is 0.0299. The minimum atomic E-state index is -0.597. The Morgan fingerprint density at radius 2 is 1.63 bits per heavy atom. The lowest BCUT2D eigenvalue weighted by Crippen LogP contribution is -2.44. The van der Waals surface area contributed by atoms with E-state index in [1.54, 1.807) is 17.2 Å². The van der Waals surface area contributed by atoms with Gasteiger partial charge in [-0.05, 0) is 72.5 Å². The third-order valence-corrected chi connectivity index (χ3v) is 9.62. The van der Waals surface area contributed by atoms with Crippen molar-refractivity contribution in [3.8, 4) is 16.9 Å². The molecular formula is C40H48N6O6. The van der Waals surface area contributed by atoms with Crippen molar-refractivity contribution in [1.82, 2.24) is 15.2 Å². The van der Waals surface area contributed by atoms with E-state index in [1.807, 2.05) is 61.5 Å². The number of piperidine rings is 1. The van der Waals surface area contributed by atoms with E-state index in [-0.39, 0.29) is 23.5 Å². The molecule has 2 unspecified atom stereocenters. The van der Waals surface area contributed by atoms with Crippen LogP contribution in [0.3, 0.4) is 0 Å². The number of rotatable bonds is 8. The molecule has 1 aromatic heterocycles. The number of fused-ring (bicyclic) bond motifs is 1. The monoisotopic (exact) mass is 708 g/mol. The van der Waals surface area contributed by atoms with Gasteiger partial charge < -0.3 is 35.1 Å². The zero-order valence-electron chi connectivity index (χ0n) is 30.5. The number of urea groups is 1. The molecule has 4 aromatic rings. The summed E-state index contributed by atoms with van der Waals surface area (Å²) in [5.74, 6) is 0.186. The van der Waals surface area contributed by atoms with Gasteiger partial charge in [0.15, 0.2) is 5.75 Å². The molecule has 0 radical (unpaired) electrons. The molecule has 2 aliphatic heterocycles. The second kappa shape index (κ2) is 16.0. The number of nitrogens with one attached hydrogen (secondary N) is 4. The fourth-order valence-electron chi connectivity index (χ4n) is 6.68. The highest BCUT2D eigenvalue weighted by atomic mass is 16.6. The fourth-order valence-corrected chi connectivity index (χ4v) is 6.68. The van der Waals surface area contributed by atoms with Crippen LogP contribution in [0.15, 0.2) is 66.9 Å². The molecular weight excluding hydrogens is 660 g/mol. The van der Waals surface area contributed by atoms with Gasteiger partial charge in [-0.3, -0.25) is 15.1 Å². The molecule has 0 spiro atoms. The first kappa shape index (κ1) is 36.6. The molecule has 4 amide bonds. The fraction of sp³-hybridized carbons (Fsp3) is 0.400. The predicted molar refractivity (Wildman–Crippen MR) is 203 cm³/mol. The van der Waals surface area contributed by atoms with Crippen LogP contribution in [-0.4, -0.2) is 80.0 Å². The van der Waals surface area contributed by atoms with Crippen LogP contribution in [0.1, 0.15) is 63.0 Å². The van der Waals surface area contributed by atoms with Crippen LogP contribution in [-0.2, 0) is 14.9 Å². The predicted octanol–water partition coefficient (Wildman–Crippen LogP) is 7.40. The quantitative estimate of drug-likeness (QED) is 0.148. The Morgan fingerprint density at radius 3 is 2.29 bits per heavy atom. The zero-order chi connectivity index (χ0) is 36.8. The van der Waals surface area contributed by atoms with Crippen molar-refractivity contribution < 1.29 is 28.6 Å². The van der Waals surface area contributed by atoms with Gasteiger partial charge in [-0.15, -0.1) is 0 Å². The maximum absolute atomic E-state index is 13.6. The van der Waals surface area contributed by atoms with Crippen LogP contribution in [0.4, 0.5) is 26.7 Å². The number of pyridine rings is 1. The number of aromatic nitrogens is 1. The SMILES string of the molecule is COc1c(NC(=O)Nc2ccc(-c3ccc(C(=O)N4CCOCC4)nc3)c3ccccc23)cc(C(C)(C)C)cc1NC(=O)OC(C)C1CCCCN1. The van der Waals surface area contributed by atoms with E-state index < -0.39 is 12.1 Å². The summed E-state index contributed by atoms with van der Waals surface area (Å²) in [5, 5.41) is 14.0.